The quantitative estimate of drug-likeness (QED) is 0.307. The summed E-state index contributed by atoms with van der Waals surface area (Å²) in [5.41, 5.74) is 9.21. The molecule has 0 aliphatic carbocycles. The first-order chi connectivity index (χ1) is 18.0. The van der Waals surface area contributed by atoms with Gasteiger partial charge in [-0.1, -0.05) is 30.2 Å². The monoisotopic (exact) mass is 518 g/mol. The van der Waals surface area contributed by atoms with Gasteiger partial charge in [0.05, 0.1) is 11.4 Å². The molecule has 3 aromatic heterocycles. The normalized spacial score (nSPS) is 14.7. The molecule has 0 saturated carbocycles. The summed E-state index contributed by atoms with van der Waals surface area (Å²) in [5, 5.41) is 11.4. The van der Waals surface area contributed by atoms with Crippen molar-refractivity contribution >= 4 is 45.9 Å². The maximum Gasteiger partial charge on any atom is 0.192 e. The maximum atomic E-state index is 10.9. The zero-order chi connectivity index (χ0) is 26.6. The number of piperidine rings is 1. The molecule has 3 N–H and O–H groups in total. The average Bonchev–Trinajstić information content (AvgIpc) is 3.59. The Hall–Kier alpha value is -4.14. The van der Waals surface area contributed by atoms with Gasteiger partial charge in [0.2, 0.25) is 0 Å². The molecule has 192 valence electrons. The van der Waals surface area contributed by atoms with Crippen LogP contribution in [0, 0.1) is 11.8 Å². The van der Waals surface area contributed by atoms with Crippen LogP contribution in [0.15, 0.2) is 42.2 Å². The van der Waals surface area contributed by atoms with Crippen LogP contribution in [-0.2, 0) is 4.79 Å². The van der Waals surface area contributed by atoms with Crippen molar-refractivity contribution in [1.29, 1.82) is 0 Å². The number of nitrogens with one attached hydrogen (secondary N) is 1. The van der Waals surface area contributed by atoms with E-state index in [1.54, 1.807) is 36.6 Å². The number of nitrogens with zero attached hydrogens (tertiary/aromatic N) is 6. The Bertz CT molecular complexity index is 1360. The van der Waals surface area contributed by atoms with Gasteiger partial charge >= 0.3 is 0 Å². The number of likely N-dealkylation sites (tertiary alicyclic amines) is 1. The van der Waals surface area contributed by atoms with Crippen LogP contribution in [0.4, 0.5) is 10.9 Å². The lowest BCUT2D eigenvalue weighted by molar-refractivity contribution is -0.103. The summed E-state index contributed by atoms with van der Waals surface area (Å²) >= 11 is 1.60. The summed E-state index contributed by atoms with van der Waals surface area (Å²) in [6.45, 7) is 3.66. The molecule has 0 spiro atoms. The van der Waals surface area contributed by atoms with Crippen LogP contribution in [0.2, 0.25) is 0 Å². The first-order valence-corrected chi connectivity index (χ1v) is 12.6. The number of aromatic nitrogens is 5. The van der Waals surface area contributed by atoms with Gasteiger partial charge in [-0.05, 0) is 39.3 Å². The lowest BCUT2D eigenvalue weighted by Crippen LogP contribution is -2.34. The Morgan fingerprint density at radius 3 is 2.51 bits per heavy atom. The largest absolute Gasteiger partial charge is 0.383 e. The average molecular weight is 519 g/mol. The van der Waals surface area contributed by atoms with Crippen LogP contribution >= 0.6 is 11.3 Å². The van der Waals surface area contributed by atoms with Gasteiger partial charge in [0.15, 0.2) is 17.1 Å². The van der Waals surface area contributed by atoms with Crippen molar-refractivity contribution in [2.24, 2.45) is 0 Å². The lowest BCUT2D eigenvalue weighted by Gasteiger charge is -2.29. The third-order valence-electron chi connectivity index (χ3n) is 5.63. The number of carbonyl (C=O) groups is 2. The molecule has 1 fully saturated rings. The summed E-state index contributed by atoms with van der Waals surface area (Å²) in [4.78, 5) is 35.0. The van der Waals surface area contributed by atoms with E-state index in [-0.39, 0.29) is 6.04 Å². The van der Waals surface area contributed by atoms with E-state index < -0.39 is 0 Å². The number of nitrogen functional groups attached to an aromatic ring is 1. The number of rotatable bonds is 4. The topological polar surface area (TPSA) is 132 Å². The molecule has 11 heteroatoms. The molecule has 0 amide bonds. The van der Waals surface area contributed by atoms with Gasteiger partial charge in [0.1, 0.15) is 24.1 Å². The highest BCUT2D eigenvalue weighted by Crippen LogP contribution is 2.33. The van der Waals surface area contributed by atoms with Gasteiger partial charge in [0.25, 0.3) is 0 Å². The Balaban J connectivity index is 0.000000262. The molecule has 1 unspecified atom stereocenters. The number of benzene rings is 1. The second-order valence-electron chi connectivity index (χ2n) is 8.15. The minimum absolute atomic E-state index is 0.263. The number of likely N-dealkylation sites (N-methyl/N-ethyl adjacent to an activating group) is 1. The van der Waals surface area contributed by atoms with Crippen LogP contribution in [0.5, 0.6) is 0 Å². The van der Waals surface area contributed by atoms with Crippen LogP contribution in [0.1, 0.15) is 36.2 Å². The fourth-order valence-electron chi connectivity index (χ4n) is 3.92. The highest BCUT2D eigenvalue weighted by Gasteiger charge is 2.25. The molecule has 5 rings (SSSR count). The van der Waals surface area contributed by atoms with Crippen LogP contribution in [0.25, 0.3) is 22.3 Å². The predicted molar refractivity (Wildman–Crippen MR) is 148 cm³/mol. The third-order valence-corrected chi connectivity index (χ3v) is 6.42. The number of nitrogens with two attached hydrogens (primary N) is 1. The lowest BCUT2D eigenvalue weighted by atomic mass is 10.1. The van der Waals surface area contributed by atoms with Crippen molar-refractivity contribution in [3.63, 3.8) is 0 Å². The molecule has 4 heterocycles. The molecule has 1 atom stereocenters. The molecule has 0 bridgehead atoms. The smallest absolute Gasteiger partial charge is 0.192 e. The first kappa shape index (κ1) is 27.4. The van der Waals surface area contributed by atoms with Crippen molar-refractivity contribution < 1.29 is 9.59 Å². The molecule has 37 heavy (non-hydrogen) atoms. The van der Waals surface area contributed by atoms with E-state index in [1.165, 1.54) is 6.33 Å². The number of carbonyl (C=O) groups excluding carboxylic acids is 2. The standard InChI is InChI=1S/C18H20N6O.C4H6N2S.C4H4O/c1-23-8-2-3-14(9-23)24-18-15(17(19)20-11-21-18)16(22-24)13-6-4-12(10-25)5-7-13;1-5-4-6-2-3-7-4;1-2-3-4-5/h4-7,10-11,14H,2-3,8-9H2,1H3,(H2,19,20,21);2-3H,1H3,(H,5,6);4H,1H3. The minimum Gasteiger partial charge on any atom is -0.383 e. The second kappa shape index (κ2) is 13.8. The first-order valence-electron chi connectivity index (χ1n) is 11.7. The molecular formula is C26H30N8O2S. The Kier molecular flexibility index (Phi) is 10.3. The number of hydrogen-bond donors (Lipinski definition) is 2. The van der Waals surface area contributed by atoms with Crippen molar-refractivity contribution in [3.8, 4) is 23.1 Å². The number of thiazole rings is 1. The molecule has 10 nitrogen and oxygen atoms in total. The summed E-state index contributed by atoms with van der Waals surface area (Å²) < 4.78 is 1.99. The zero-order valence-electron chi connectivity index (χ0n) is 21.1. The summed E-state index contributed by atoms with van der Waals surface area (Å²) in [7, 11) is 3.99. The summed E-state index contributed by atoms with van der Waals surface area (Å²) in [6.07, 6.45) is 6.86. The van der Waals surface area contributed by atoms with E-state index in [0.29, 0.717) is 17.7 Å². The van der Waals surface area contributed by atoms with E-state index in [0.717, 1.165) is 59.6 Å². The van der Waals surface area contributed by atoms with Crippen molar-refractivity contribution in [2.75, 3.05) is 38.2 Å². The Labute approximate surface area is 219 Å². The summed E-state index contributed by atoms with van der Waals surface area (Å²) in [5.74, 6) is 5.01. The van der Waals surface area contributed by atoms with Crippen molar-refractivity contribution in [2.45, 2.75) is 25.8 Å². The van der Waals surface area contributed by atoms with E-state index in [1.807, 2.05) is 29.2 Å². The van der Waals surface area contributed by atoms with Gasteiger partial charge in [-0.15, -0.1) is 11.3 Å². The van der Waals surface area contributed by atoms with E-state index in [2.05, 4.69) is 44.1 Å². The van der Waals surface area contributed by atoms with Crippen LogP contribution in [0.3, 0.4) is 0 Å². The van der Waals surface area contributed by atoms with Crippen molar-refractivity contribution in [3.05, 3.63) is 47.7 Å². The fourth-order valence-corrected chi connectivity index (χ4v) is 4.41. The van der Waals surface area contributed by atoms with E-state index >= 15 is 0 Å². The van der Waals surface area contributed by atoms with Crippen LogP contribution < -0.4 is 11.1 Å². The molecular weight excluding hydrogens is 488 g/mol. The maximum absolute atomic E-state index is 10.9. The highest BCUT2D eigenvalue weighted by molar-refractivity contribution is 7.13. The number of hydrogen-bond acceptors (Lipinski definition) is 10. The van der Waals surface area contributed by atoms with E-state index in [4.69, 9.17) is 10.8 Å². The van der Waals surface area contributed by atoms with Gasteiger partial charge in [-0.25, -0.2) is 19.6 Å². The van der Waals surface area contributed by atoms with Crippen molar-refractivity contribution in [1.82, 2.24) is 29.6 Å². The Morgan fingerprint density at radius 1 is 1.19 bits per heavy atom. The number of fused-ring (bicyclic) bond motifs is 1. The molecule has 1 aliphatic rings. The zero-order valence-corrected chi connectivity index (χ0v) is 21.9. The SMILES string of the molecule is CC#CC=O.CN1CCCC(n2nc(-c3ccc(C=O)cc3)c3c(N)ncnc32)C1.CNc1nccs1. The fraction of sp³-hybridized carbons (Fsp3) is 0.308. The van der Waals surface area contributed by atoms with Crippen LogP contribution in [-0.4, -0.2) is 69.4 Å². The van der Waals surface area contributed by atoms with Gasteiger partial charge in [-0.2, -0.15) is 5.10 Å². The highest BCUT2D eigenvalue weighted by atomic mass is 32.1. The molecule has 1 aromatic carbocycles. The molecule has 1 saturated heterocycles. The molecule has 0 radical (unpaired) electrons. The predicted octanol–water partition coefficient (Wildman–Crippen LogP) is 3.55. The van der Waals surface area contributed by atoms with Gasteiger partial charge in [0, 0.05) is 36.3 Å². The minimum atomic E-state index is 0.263. The third kappa shape index (κ3) is 7.19. The summed E-state index contributed by atoms with van der Waals surface area (Å²) in [6, 6.07) is 7.59. The van der Waals surface area contributed by atoms with Gasteiger partial charge in [-0.3, -0.25) is 9.59 Å². The molecule has 4 aromatic rings. The Morgan fingerprint density at radius 2 is 1.97 bits per heavy atom. The van der Waals surface area contributed by atoms with Gasteiger partial charge < -0.3 is 16.0 Å². The molecule has 1 aliphatic heterocycles. The number of aldehydes is 2. The van der Waals surface area contributed by atoms with E-state index in [9.17, 15) is 9.59 Å². The number of anilines is 2. The second-order valence-corrected chi connectivity index (χ2v) is 9.04.